The molecular weight excluding hydrogens is 592 g/mol. The summed E-state index contributed by atoms with van der Waals surface area (Å²) in [7, 11) is -3.64. The molecule has 234 valence electrons. The molecule has 0 amide bonds. The van der Waals surface area contributed by atoms with Crippen LogP contribution in [0.5, 0.6) is 5.75 Å². The number of halogens is 1. The van der Waals surface area contributed by atoms with Crippen molar-refractivity contribution in [3.8, 4) is 5.75 Å². The number of benzene rings is 2. The van der Waals surface area contributed by atoms with Gasteiger partial charge in [0.1, 0.15) is 5.75 Å². The fourth-order valence-electron chi connectivity index (χ4n) is 7.45. The molecule has 0 unspecified atom stereocenters. The number of fused-ring (bicyclic) bond motifs is 3. The third kappa shape index (κ3) is 6.40. The fraction of sp³-hybridized carbons (Fsp3) is 0.594. The van der Waals surface area contributed by atoms with Crippen LogP contribution in [-0.2, 0) is 31.3 Å². The van der Waals surface area contributed by atoms with E-state index in [2.05, 4.69) is 17.0 Å². The summed E-state index contributed by atoms with van der Waals surface area (Å²) in [4.78, 5) is 14.3. The van der Waals surface area contributed by atoms with E-state index in [0.717, 1.165) is 68.7 Å². The lowest BCUT2D eigenvalue weighted by Gasteiger charge is -2.47. The van der Waals surface area contributed by atoms with Crippen LogP contribution in [0.3, 0.4) is 0 Å². The molecule has 11 heteroatoms. The van der Waals surface area contributed by atoms with Gasteiger partial charge in [-0.15, -0.1) is 0 Å². The van der Waals surface area contributed by atoms with E-state index in [1.807, 2.05) is 6.07 Å². The van der Waals surface area contributed by atoms with Crippen molar-refractivity contribution in [1.29, 1.82) is 0 Å². The Bertz CT molecular complexity index is 1470. The predicted molar refractivity (Wildman–Crippen MR) is 165 cm³/mol. The van der Waals surface area contributed by atoms with Gasteiger partial charge in [-0.1, -0.05) is 17.7 Å². The summed E-state index contributed by atoms with van der Waals surface area (Å²) < 4.78 is 42.0. The van der Waals surface area contributed by atoms with Gasteiger partial charge >= 0.3 is 5.97 Å². The average molecular weight is 633 g/mol. The van der Waals surface area contributed by atoms with Gasteiger partial charge in [0.15, 0.2) is 0 Å². The first-order valence-corrected chi connectivity index (χ1v) is 17.3. The van der Waals surface area contributed by atoms with Gasteiger partial charge < -0.3 is 24.2 Å². The van der Waals surface area contributed by atoms with Gasteiger partial charge in [-0.2, -0.15) is 0 Å². The summed E-state index contributed by atoms with van der Waals surface area (Å²) in [5.41, 5.74) is 3.37. The number of primary sulfonamides is 1. The van der Waals surface area contributed by atoms with Crippen LogP contribution in [0.15, 0.2) is 36.4 Å². The molecule has 9 nitrogen and oxygen atoms in total. The minimum atomic E-state index is -3.64. The third-order valence-corrected chi connectivity index (χ3v) is 11.6. The Morgan fingerprint density at radius 2 is 2.07 bits per heavy atom. The number of hydrogen-bond acceptors (Lipinski definition) is 7. The van der Waals surface area contributed by atoms with E-state index < -0.39 is 21.2 Å². The standard InChI is InChI=1S/C32H41ClN2O7S/c1-20(43(34,38)39)17-41-25-10-12-40-30(15-25)26-7-4-23(26)16-35-18-32(11-2-3-21-13-24(33)6-8-27(21)32)19-42-29-9-5-22(31(36)37)14-28(29)35/h5-6,8-9,13-14,20,23,25-26,30H,2-4,7,10-12,15-19H2,1H3,(H,36,37)(H2,34,38,39)/t20-,23+,25+,26-,30-,32+/m1/s1. The molecule has 0 aromatic heterocycles. The molecule has 43 heavy (non-hydrogen) atoms. The number of rotatable bonds is 8. The Morgan fingerprint density at radius 1 is 1.23 bits per heavy atom. The van der Waals surface area contributed by atoms with Crippen molar-refractivity contribution >= 4 is 33.3 Å². The molecule has 0 radical (unpaired) electrons. The summed E-state index contributed by atoms with van der Waals surface area (Å²) in [6, 6.07) is 11.4. The van der Waals surface area contributed by atoms with Gasteiger partial charge in [0.2, 0.25) is 10.0 Å². The number of nitrogens with two attached hydrogens (primary N) is 1. The molecular formula is C32H41ClN2O7S. The van der Waals surface area contributed by atoms with Crippen molar-refractivity contribution in [3.63, 3.8) is 0 Å². The van der Waals surface area contributed by atoms with E-state index in [1.165, 1.54) is 11.1 Å². The zero-order valence-corrected chi connectivity index (χ0v) is 26.1. The Kier molecular flexibility index (Phi) is 8.69. The quantitative estimate of drug-likeness (QED) is 0.426. The van der Waals surface area contributed by atoms with Gasteiger partial charge in [-0.3, -0.25) is 0 Å². The maximum Gasteiger partial charge on any atom is 0.335 e. The second kappa shape index (κ2) is 12.2. The van der Waals surface area contributed by atoms with Gasteiger partial charge in [-0.25, -0.2) is 18.4 Å². The minimum absolute atomic E-state index is 0.0295. The van der Waals surface area contributed by atoms with Crippen LogP contribution < -0.4 is 14.8 Å². The van der Waals surface area contributed by atoms with Crippen molar-refractivity contribution in [2.45, 2.75) is 74.7 Å². The Hall–Kier alpha value is -2.37. The van der Waals surface area contributed by atoms with E-state index >= 15 is 0 Å². The van der Waals surface area contributed by atoms with Crippen molar-refractivity contribution in [3.05, 3.63) is 58.1 Å². The molecule has 2 heterocycles. The van der Waals surface area contributed by atoms with Crippen molar-refractivity contribution < 1.29 is 32.5 Å². The number of ether oxygens (including phenoxy) is 3. The van der Waals surface area contributed by atoms with Crippen LogP contribution in [0, 0.1) is 11.8 Å². The van der Waals surface area contributed by atoms with Gasteiger partial charge in [0.25, 0.3) is 0 Å². The normalized spacial score (nSPS) is 29.5. The third-order valence-electron chi connectivity index (χ3n) is 10.1. The predicted octanol–water partition coefficient (Wildman–Crippen LogP) is 4.78. The summed E-state index contributed by atoms with van der Waals surface area (Å²) in [6.07, 6.45) is 6.52. The molecule has 2 aliphatic carbocycles. The van der Waals surface area contributed by atoms with E-state index in [-0.39, 0.29) is 29.8 Å². The molecule has 3 N–H and O–H groups in total. The highest BCUT2D eigenvalue weighted by Gasteiger charge is 2.45. The van der Waals surface area contributed by atoms with E-state index in [0.29, 0.717) is 30.8 Å². The number of anilines is 1. The minimum Gasteiger partial charge on any atom is -0.490 e. The highest BCUT2D eigenvalue weighted by Crippen LogP contribution is 2.47. The number of carboxylic acids is 1. The first-order valence-electron chi connectivity index (χ1n) is 15.3. The maximum absolute atomic E-state index is 12.0. The molecule has 2 aromatic carbocycles. The average Bonchev–Trinajstić information content (AvgIpc) is 3.10. The fourth-order valence-corrected chi connectivity index (χ4v) is 7.92. The van der Waals surface area contributed by atoms with Crippen LogP contribution in [0.4, 0.5) is 5.69 Å². The van der Waals surface area contributed by atoms with Crippen LogP contribution >= 0.6 is 11.6 Å². The Labute approximate surface area is 258 Å². The summed E-state index contributed by atoms with van der Waals surface area (Å²) in [5, 5.41) is 15.1. The lowest BCUT2D eigenvalue weighted by Crippen LogP contribution is -2.51. The second-order valence-electron chi connectivity index (χ2n) is 12.9. The summed E-state index contributed by atoms with van der Waals surface area (Å²) in [5.74, 6) is 0.451. The number of aryl methyl sites for hydroxylation is 1. The lowest BCUT2D eigenvalue weighted by molar-refractivity contribution is -0.116. The van der Waals surface area contributed by atoms with Crippen LogP contribution in [-0.4, -0.2) is 69.9 Å². The van der Waals surface area contributed by atoms with Crippen molar-refractivity contribution in [2.75, 3.05) is 37.8 Å². The second-order valence-corrected chi connectivity index (χ2v) is 15.3. The summed E-state index contributed by atoms with van der Waals surface area (Å²) in [6.45, 7) is 4.24. The van der Waals surface area contributed by atoms with E-state index in [9.17, 15) is 18.3 Å². The Balaban J connectivity index is 1.23. The number of aromatic carboxylic acids is 1. The number of hydrogen-bond donors (Lipinski definition) is 2. The molecule has 1 saturated heterocycles. The molecule has 1 spiro atoms. The smallest absolute Gasteiger partial charge is 0.335 e. The van der Waals surface area contributed by atoms with E-state index in [4.69, 9.17) is 31.0 Å². The van der Waals surface area contributed by atoms with Gasteiger partial charge in [-0.05, 0) is 98.7 Å². The van der Waals surface area contributed by atoms with Gasteiger partial charge in [0, 0.05) is 36.6 Å². The van der Waals surface area contributed by atoms with E-state index in [1.54, 1.807) is 25.1 Å². The van der Waals surface area contributed by atoms with Crippen molar-refractivity contribution in [1.82, 2.24) is 0 Å². The molecule has 4 aliphatic rings. The lowest BCUT2D eigenvalue weighted by atomic mass is 9.67. The first kappa shape index (κ1) is 30.6. The SMILES string of the molecule is C[C@H](CO[C@H]1CCO[C@@H]([C@@H]2CC[C@H]2CN2C[C@@]3(CCCc4cc(Cl)ccc43)COc3ccc(C(=O)O)cc32)C1)S(N)(=O)=O. The van der Waals surface area contributed by atoms with Gasteiger partial charge in [0.05, 0.1) is 41.9 Å². The van der Waals surface area contributed by atoms with Crippen LogP contribution in [0.2, 0.25) is 5.02 Å². The zero-order valence-electron chi connectivity index (χ0n) is 24.5. The number of carbonyl (C=O) groups is 1. The number of carboxylic acid groups (broad SMARTS) is 1. The monoisotopic (exact) mass is 632 g/mol. The number of sulfonamides is 1. The zero-order chi connectivity index (χ0) is 30.4. The first-order chi connectivity index (χ1) is 20.5. The molecule has 2 fully saturated rings. The summed E-state index contributed by atoms with van der Waals surface area (Å²) >= 11 is 6.38. The number of nitrogens with zero attached hydrogens (tertiary/aromatic N) is 1. The largest absolute Gasteiger partial charge is 0.490 e. The highest BCUT2D eigenvalue weighted by molar-refractivity contribution is 7.89. The molecule has 2 aromatic rings. The highest BCUT2D eigenvalue weighted by atomic mass is 35.5. The Morgan fingerprint density at radius 3 is 2.81 bits per heavy atom. The van der Waals surface area contributed by atoms with Crippen molar-refractivity contribution in [2.24, 2.45) is 17.0 Å². The maximum atomic E-state index is 12.0. The molecule has 6 atom stereocenters. The van der Waals surface area contributed by atoms with Crippen LogP contribution in [0.25, 0.3) is 0 Å². The topological polar surface area (TPSA) is 128 Å². The molecule has 0 bridgehead atoms. The molecule has 2 aliphatic heterocycles. The molecule has 6 rings (SSSR count). The molecule has 1 saturated carbocycles. The van der Waals surface area contributed by atoms with Crippen LogP contribution in [0.1, 0.15) is 66.9 Å².